The highest BCUT2D eigenvalue weighted by Gasteiger charge is 2.48. The lowest BCUT2D eigenvalue weighted by Gasteiger charge is -2.42. The minimum absolute atomic E-state index is 0.389. The molecule has 0 aromatic heterocycles. The van der Waals surface area contributed by atoms with Gasteiger partial charge in [0, 0.05) is 11.0 Å². The Bertz CT molecular complexity index is 793. The normalized spacial score (nSPS) is 42.5. The maximum atomic E-state index is 12.9. The predicted octanol–water partition coefficient (Wildman–Crippen LogP) is -2.54. The highest BCUT2D eigenvalue weighted by Crippen LogP contribution is 2.38. The van der Waals surface area contributed by atoms with Crippen LogP contribution in [0.5, 0.6) is 0 Å². The van der Waals surface area contributed by atoms with Crippen molar-refractivity contribution in [2.75, 3.05) is 13.2 Å². The summed E-state index contributed by atoms with van der Waals surface area (Å²) in [5.74, 6) is -0.743. The number of rotatable bonds is 6. The van der Waals surface area contributed by atoms with E-state index < -0.39 is 86.0 Å². The van der Waals surface area contributed by atoms with Crippen molar-refractivity contribution in [1.29, 1.82) is 0 Å². The molecule has 0 saturated carbocycles. The summed E-state index contributed by atoms with van der Waals surface area (Å²) in [6.07, 6.45) is -11.4. The highest BCUT2D eigenvalue weighted by molar-refractivity contribution is 5.91. The average Bonchev–Trinajstić information content (AvgIpc) is 2.77. The molecule has 12 nitrogen and oxygen atoms in total. The van der Waals surface area contributed by atoms with Crippen LogP contribution in [0, 0.1) is 5.41 Å². The van der Waals surface area contributed by atoms with Crippen molar-refractivity contribution in [2.45, 2.75) is 88.6 Å². The number of carbonyl (C=O) groups is 1. The van der Waals surface area contributed by atoms with Gasteiger partial charge < -0.3 is 54.7 Å². The number of hydrogen-bond acceptors (Lipinski definition) is 12. The lowest BCUT2D eigenvalue weighted by Crippen LogP contribution is -2.62. The number of carbonyl (C=O) groups excluding carboxylic acids is 1. The van der Waals surface area contributed by atoms with Crippen LogP contribution in [0.3, 0.4) is 0 Å². The fourth-order valence-electron chi connectivity index (χ4n) is 4.40. The molecule has 0 spiro atoms. The number of ether oxygens (including phenoxy) is 4. The zero-order valence-corrected chi connectivity index (χ0v) is 19.2. The topological polar surface area (TPSA) is 196 Å². The molecule has 1 aliphatic carbocycles. The number of esters is 1. The third-order valence-corrected chi connectivity index (χ3v) is 6.44. The predicted molar refractivity (Wildman–Crippen MR) is 113 cm³/mol. The van der Waals surface area contributed by atoms with Crippen LogP contribution >= 0.6 is 0 Å². The third kappa shape index (κ3) is 5.36. The molecule has 7 N–H and O–H groups in total. The van der Waals surface area contributed by atoms with Gasteiger partial charge in [-0.25, -0.2) is 4.79 Å². The van der Waals surface area contributed by atoms with E-state index in [4.69, 9.17) is 18.9 Å². The van der Waals surface area contributed by atoms with Gasteiger partial charge in [0.1, 0.15) is 48.8 Å². The standard InChI is InChI=1S/C22H34O12/c1-9-5-4-6-22(2,3)12(9)19(30)34-21-18(29)16(27)14(25)11(33-21)8-31-20-17(28)15(26)13(24)10(7-23)32-20/h4-5,10-11,13-18,20-21,23-29H,6-8H2,1-3H3/t10-,11+,13-,14+,15+,16-,17+,18+,20-,21-/m1/s1. The zero-order valence-electron chi connectivity index (χ0n) is 19.2. The Morgan fingerprint density at radius 2 is 1.50 bits per heavy atom. The molecule has 2 fully saturated rings. The Morgan fingerprint density at radius 1 is 0.941 bits per heavy atom. The van der Waals surface area contributed by atoms with Gasteiger partial charge in [0.05, 0.1) is 13.2 Å². The first kappa shape index (κ1) is 27.1. The zero-order chi connectivity index (χ0) is 25.4. The molecule has 3 rings (SSSR count). The lowest BCUT2D eigenvalue weighted by atomic mass is 9.76. The third-order valence-electron chi connectivity index (χ3n) is 6.44. The minimum atomic E-state index is -1.75. The maximum Gasteiger partial charge on any atom is 0.337 e. The Kier molecular flexibility index (Phi) is 8.51. The molecule has 0 aromatic rings. The molecular weight excluding hydrogens is 456 g/mol. The van der Waals surface area contributed by atoms with Gasteiger partial charge in [-0.1, -0.05) is 26.0 Å². The van der Waals surface area contributed by atoms with Gasteiger partial charge in [-0.15, -0.1) is 0 Å². The van der Waals surface area contributed by atoms with Crippen LogP contribution in [0.1, 0.15) is 27.2 Å². The number of allylic oxidation sites excluding steroid dienone is 3. The van der Waals surface area contributed by atoms with Gasteiger partial charge in [-0.3, -0.25) is 0 Å². The van der Waals surface area contributed by atoms with Crippen molar-refractivity contribution in [1.82, 2.24) is 0 Å². The summed E-state index contributed by atoms with van der Waals surface area (Å²) < 4.78 is 21.5. The van der Waals surface area contributed by atoms with Gasteiger partial charge in [-0.2, -0.15) is 0 Å². The van der Waals surface area contributed by atoms with Crippen molar-refractivity contribution in [3.8, 4) is 0 Å². The van der Waals surface area contributed by atoms with Crippen LogP contribution in [0.25, 0.3) is 0 Å². The van der Waals surface area contributed by atoms with E-state index in [-0.39, 0.29) is 0 Å². The van der Waals surface area contributed by atoms with Crippen LogP contribution < -0.4 is 0 Å². The fourth-order valence-corrected chi connectivity index (χ4v) is 4.40. The van der Waals surface area contributed by atoms with E-state index in [0.717, 1.165) is 0 Å². The van der Waals surface area contributed by atoms with Crippen LogP contribution in [-0.4, -0.2) is 116 Å². The molecule has 0 aromatic carbocycles. The van der Waals surface area contributed by atoms with Gasteiger partial charge in [-0.05, 0) is 18.9 Å². The first-order valence-corrected chi connectivity index (χ1v) is 11.1. The van der Waals surface area contributed by atoms with Crippen molar-refractivity contribution in [2.24, 2.45) is 5.41 Å². The molecule has 10 atom stereocenters. The fraction of sp³-hybridized carbons (Fsp3) is 0.773. The monoisotopic (exact) mass is 490 g/mol. The summed E-state index contributed by atoms with van der Waals surface area (Å²) in [5, 5.41) is 70.0. The van der Waals surface area contributed by atoms with Crippen LogP contribution in [0.2, 0.25) is 0 Å². The highest BCUT2D eigenvalue weighted by atomic mass is 16.7. The summed E-state index contributed by atoms with van der Waals surface area (Å²) in [7, 11) is 0. The summed E-state index contributed by atoms with van der Waals surface area (Å²) in [4.78, 5) is 12.9. The molecule has 2 aliphatic heterocycles. The summed E-state index contributed by atoms with van der Waals surface area (Å²) in [6, 6.07) is 0. The van der Waals surface area contributed by atoms with Gasteiger partial charge in [0.2, 0.25) is 6.29 Å². The van der Waals surface area contributed by atoms with Crippen molar-refractivity contribution >= 4 is 5.97 Å². The Balaban J connectivity index is 1.68. The van der Waals surface area contributed by atoms with Crippen LogP contribution in [0.15, 0.2) is 23.3 Å². The molecule has 2 heterocycles. The summed E-state index contributed by atoms with van der Waals surface area (Å²) in [6.45, 7) is 4.31. The van der Waals surface area contributed by atoms with E-state index in [1.54, 1.807) is 13.0 Å². The Morgan fingerprint density at radius 3 is 2.09 bits per heavy atom. The van der Waals surface area contributed by atoms with E-state index in [0.29, 0.717) is 17.6 Å². The van der Waals surface area contributed by atoms with Gasteiger partial charge in [0.15, 0.2) is 6.29 Å². The quantitative estimate of drug-likeness (QED) is 0.193. The van der Waals surface area contributed by atoms with Crippen molar-refractivity contribution in [3.05, 3.63) is 23.3 Å². The first-order valence-electron chi connectivity index (χ1n) is 11.1. The van der Waals surface area contributed by atoms with E-state index in [1.165, 1.54) is 0 Å². The number of hydrogen-bond donors (Lipinski definition) is 7. The molecule has 2 saturated heterocycles. The van der Waals surface area contributed by atoms with E-state index in [9.17, 15) is 40.5 Å². The van der Waals surface area contributed by atoms with Gasteiger partial charge >= 0.3 is 5.97 Å². The molecule has 0 bridgehead atoms. The largest absolute Gasteiger partial charge is 0.429 e. The van der Waals surface area contributed by atoms with E-state index in [2.05, 4.69) is 0 Å². The second kappa shape index (κ2) is 10.7. The van der Waals surface area contributed by atoms with Crippen LogP contribution in [-0.2, 0) is 23.7 Å². The van der Waals surface area contributed by atoms with Crippen molar-refractivity contribution in [3.63, 3.8) is 0 Å². The average molecular weight is 491 g/mol. The Labute approximate surface area is 196 Å². The molecule has 3 aliphatic rings. The van der Waals surface area contributed by atoms with Gasteiger partial charge in [0.25, 0.3) is 0 Å². The number of aliphatic hydroxyl groups excluding tert-OH is 7. The molecule has 34 heavy (non-hydrogen) atoms. The van der Waals surface area contributed by atoms with Crippen LogP contribution in [0.4, 0.5) is 0 Å². The molecule has 194 valence electrons. The molecule has 0 unspecified atom stereocenters. The summed E-state index contributed by atoms with van der Waals surface area (Å²) in [5.41, 5.74) is 0.550. The number of aliphatic hydroxyl groups is 7. The second-order valence-electron chi connectivity index (χ2n) is 9.50. The summed E-state index contributed by atoms with van der Waals surface area (Å²) >= 11 is 0. The SMILES string of the molecule is CC1=C(C(=O)O[C@H]2O[C@@H](CO[C@@H]3O[C@H](CO)[C@@H](O)[C@H](O)[C@@H]3O)[C@H](O)[C@@H](O)[C@@H]2O)C(C)(C)CC=C1. The molecule has 0 radical (unpaired) electrons. The van der Waals surface area contributed by atoms with Crippen molar-refractivity contribution < 1.29 is 59.5 Å². The second-order valence-corrected chi connectivity index (χ2v) is 9.50. The molecule has 12 heteroatoms. The molecule has 0 amide bonds. The smallest absolute Gasteiger partial charge is 0.337 e. The molecular formula is C22H34O12. The maximum absolute atomic E-state index is 12.9. The van der Waals surface area contributed by atoms with E-state index in [1.807, 2.05) is 19.9 Å². The van der Waals surface area contributed by atoms with E-state index >= 15 is 0 Å². The Hall–Kier alpha value is -1.45. The first-order chi connectivity index (χ1) is 15.9. The minimum Gasteiger partial charge on any atom is -0.429 e. The lowest BCUT2D eigenvalue weighted by molar-refractivity contribution is -0.326.